The van der Waals surface area contributed by atoms with Gasteiger partial charge in [0.15, 0.2) is 35.6 Å². The van der Waals surface area contributed by atoms with Crippen molar-refractivity contribution >= 4 is 16.6 Å². The molecule has 1 unspecified atom stereocenters. The summed E-state index contributed by atoms with van der Waals surface area (Å²) in [5.41, 5.74) is 3.47. The molecule has 0 radical (unpaired) electrons. The van der Waals surface area contributed by atoms with Gasteiger partial charge in [0.25, 0.3) is 0 Å². The Morgan fingerprint density at radius 3 is 1.90 bits per heavy atom. The molecule has 0 N–H and O–H groups in total. The third kappa shape index (κ3) is 8.06. The van der Waals surface area contributed by atoms with Crippen LogP contribution in [0.15, 0.2) is 121 Å². The van der Waals surface area contributed by atoms with E-state index < -0.39 is 5.92 Å². The normalized spacial score (nSPS) is 11.5. The summed E-state index contributed by atoms with van der Waals surface area (Å²) in [6, 6.07) is 36.0. The quantitative estimate of drug-likeness (QED) is 0.0735. The van der Waals surface area contributed by atoms with Crippen molar-refractivity contribution in [2.45, 2.75) is 19.1 Å². The Morgan fingerprint density at radius 2 is 1.25 bits per heavy atom. The molecule has 6 aromatic rings. The van der Waals surface area contributed by atoms with Gasteiger partial charge in [-0.3, -0.25) is 9.78 Å². The standard InChI is InChI=1S/C42H39NO8/c1-45-27-51-35-18-16-32(46-2)23-34(35)42(44)40(31-15-17-36(37(22-31)47-3)49-25-28-11-7-5-8-12-28)41-33-24-38(48-4)39(21-30(33)19-20-43-41)50-26-29-13-9-6-10-14-29/h5-24,40H,25-27H2,1-4H3. The number of carbonyl (C=O) groups excluding carboxylic acids is 1. The Morgan fingerprint density at radius 1 is 0.608 bits per heavy atom. The highest BCUT2D eigenvalue weighted by atomic mass is 16.7. The minimum absolute atomic E-state index is 0.0476. The van der Waals surface area contributed by atoms with E-state index in [-0.39, 0.29) is 12.6 Å². The molecule has 9 nitrogen and oxygen atoms in total. The predicted molar refractivity (Wildman–Crippen MR) is 195 cm³/mol. The third-order valence-electron chi connectivity index (χ3n) is 8.39. The second-order valence-corrected chi connectivity index (χ2v) is 11.6. The monoisotopic (exact) mass is 685 g/mol. The van der Waals surface area contributed by atoms with E-state index in [1.54, 1.807) is 45.7 Å². The first kappa shape index (κ1) is 34.8. The van der Waals surface area contributed by atoms with Crippen molar-refractivity contribution in [1.82, 2.24) is 4.98 Å². The maximum atomic E-state index is 15.0. The number of methoxy groups -OCH3 is 4. The van der Waals surface area contributed by atoms with Crippen molar-refractivity contribution in [3.05, 3.63) is 149 Å². The zero-order valence-electron chi connectivity index (χ0n) is 29.0. The average Bonchev–Trinajstić information content (AvgIpc) is 3.19. The number of fused-ring (bicyclic) bond motifs is 1. The number of benzene rings is 5. The molecule has 1 heterocycles. The summed E-state index contributed by atoms with van der Waals surface area (Å²) in [7, 11) is 6.23. The van der Waals surface area contributed by atoms with Gasteiger partial charge in [-0.15, -0.1) is 0 Å². The zero-order chi connectivity index (χ0) is 35.6. The van der Waals surface area contributed by atoms with Crippen LogP contribution in [0.3, 0.4) is 0 Å². The zero-order valence-corrected chi connectivity index (χ0v) is 29.0. The number of aromatic nitrogens is 1. The maximum Gasteiger partial charge on any atom is 0.188 e. The lowest BCUT2D eigenvalue weighted by molar-refractivity contribution is 0.0501. The van der Waals surface area contributed by atoms with Crippen molar-refractivity contribution in [3.63, 3.8) is 0 Å². The summed E-state index contributed by atoms with van der Waals surface area (Å²) in [5, 5.41) is 1.53. The number of pyridine rings is 1. The Bertz CT molecular complexity index is 2090. The van der Waals surface area contributed by atoms with Gasteiger partial charge in [0.05, 0.1) is 38.5 Å². The van der Waals surface area contributed by atoms with Crippen LogP contribution in [0.25, 0.3) is 10.8 Å². The molecule has 0 aliphatic carbocycles. The number of rotatable bonds is 16. The molecule has 1 aromatic heterocycles. The SMILES string of the molecule is COCOc1ccc(OC)cc1C(=O)C(c1ccc(OCc2ccccc2)c(OC)c1)c1nccc2cc(OCc3ccccc3)c(OC)cc12. The minimum atomic E-state index is -0.913. The molecular formula is C42H39NO8. The number of hydrogen-bond acceptors (Lipinski definition) is 9. The Hall–Kier alpha value is -6.06. The van der Waals surface area contributed by atoms with Gasteiger partial charge in [-0.1, -0.05) is 66.7 Å². The van der Waals surface area contributed by atoms with Crippen LogP contribution < -0.4 is 28.4 Å². The molecule has 0 bridgehead atoms. The fourth-order valence-electron chi connectivity index (χ4n) is 5.82. The Kier molecular flexibility index (Phi) is 11.3. The predicted octanol–water partition coefficient (Wildman–Crippen LogP) is 8.42. The molecule has 6 rings (SSSR count). The Balaban J connectivity index is 1.47. The van der Waals surface area contributed by atoms with Crippen LogP contribution in [0.2, 0.25) is 0 Å². The first-order valence-electron chi connectivity index (χ1n) is 16.3. The third-order valence-corrected chi connectivity index (χ3v) is 8.39. The second-order valence-electron chi connectivity index (χ2n) is 11.6. The van der Waals surface area contributed by atoms with Crippen LogP contribution >= 0.6 is 0 Å². The van der Waals surface area contributed by atoms with Crippen molar-refractivity contribution in [2.24, 2.45) is 0 Å². The van der Waals surface area contributed by atoms with E-state index in [4.69, 9.17) is 38.1 Å². The van der Waals surface area contributed by atoms with Crippen molar-refractivity contribution in [2.75, 3.05) is 35.2 Å². The van der Waals surface area contributed by atoms with E-state index in [0.29, 0.717) is 69.9 Å². The number of nitrogens with zero attached hydrogens (tertiary/aromatic N) is 1. The lowest BCUT2D eigenvalue weighted by Gasteiger charge is -2.22. The Labute approximate surface area is 297 Å². The van der Waals surface area contributed by atoms with Gasteiger partial charge >= 0.3 is 0 Å². The summed E-state index contributed by atoms with van der Waals surface area (Å²) in [6.07, 6.45) is 1.69. The first-order chi connectivity index (χ1) is 25.0. The highest BCUT2D eigenvalue weighted by Crippen LogP contribution is 2.41. The van der Waals surface area contributed by atoms with E-state index >= 15 is 0 Å². The molecule has 51 heavy (non-hydrogen) atoms. The molecule has 5 aromatic carbocycles. The minimum Gasteiger partial charge on any atom is -0.497 e. The van der Waals surface area contributed by atoms with E-state index in [1.165, 1.54) is 7.11 Å². The molecule has 260 valence electrons. The lowest BCUT2D eigenvalue weighted by Crippen LogP contribution is -2.18. The van der Waals surface area contributed by atoms with E-state index in [2.05, 4.69) is 0 Å². The summed E-state index contributed by atoms with van der Waals surface area (Å²) >= 11 is 0. The molecule has 1 atom stereocenters. The van der Waals surface area contributed by atoms with Crippen LogP contribution in [0.4, 0.5) is 0 Å². The van der Waals surface area contributed by atoms with Crippen molar-refractivity contribution in [1.29, 1.82) is 0 Å². The first-order valence-corrected chi connectivity index (χ1v) is 16.3. The summed E-state index contributed by atoms with van der Waals surface area (Å²) in [6.45, 7) is 0.663. The van der Waals surface area contributed by atoms with Gasteiger partial charge in [0.1, 0.15) is 24.7 Å². The fraction of sp³-hybridized carbons (Fsp3) is 0.190. The maximum absolute atomic E-state index is 15.0. The van der Waals surface area contributed by atoms with Crippen LogP contribution in [0.1, 0.15) is 38.7 Å². The van der Waals surface area contributed by atoms with Gasteiger partial charge in [0.2, 0.25) is 0 Å². The molecule has 0 saturated carbocycles. The van der Waals surface area contributed by atoms with Crippen molar-refractivity contribution in [3.8, 4) is 34.5 Å². The van der Waals surface area contributed by atoms with E-state index in [9.17, 15) is 4.79 Å². The molecule has 0 fully saturated rings. The average molecular weight is 686 g/mol. The number of ketones is 1. The van der Waals surface area contributed by atoms with Gasteiger partial charge in [-0.05, 0) is 70.6 Å². The smallest absolute Gasteiger partial charge is 0.188 e. The van der Waals surface area contributed by atoms with Gasteiger partial charge in [0, 0.05) is 18.7 Å². The number of carbonyl (C=O) groups is 1. The number of Topliss-reactive ketones (excluding diaryl/α,β-unsaturated/α-hetero) is 1. The highest BCUT2D eigenvalue weighted by molar-refractivity contribution is 6.07. The molecular weight excluding hydrogens is 646 g/mol. The van der Waals surface area contributed by atoms with Crippen LogP contribution in [-0.2, 0) is 18.0 Å². The lowest BCUT2D eigenvalue weighted by atomic mass is 9.85. The van der Waals surface area contributed by atoms with Gasteiger partial charge in [-0.2, -0.15) is 0 Å². The number of hydrogen-bond donors (Lipinski definition) is 0. The van der Waals surface area contributed by atoms with Crippen LogP contribution in [0.5, 0.6) is 34.5 Å². The molecule has 0 aliphatic rings. The van der Waals surface area contributed by atoms with Crippen molar-refractivity contribution < 1.29 is 38.0 Å². The number of ether oxygens (including phenoxy) is 7. The summed E-state index contributed by atoms with van der Waals surface area (Å²) in [5.74, 6) is 1.73. The van der Waals surface area contributed by atoms with Crippen LogP contribution in [-0.4, -0.2) is 46.0 Å². The molecule has 0 aliphatic heterocycles. The topological polar surface area (TPSA) is 94.6 Å². The molecule has 0 saturated heterocycles. The van der Waals surface area contributed by atoms with E-state index in [0.717, 1.165) is 16.5 Å². The fourth-order valence-corrected chi connectivity index (χ4v) is 5.82. The van der Waals surface area contributed by atoms with Crippen LogP contribution in [0, 0.1) is 0 Å². The summed E-state index contributed by atoms with van der Waals surface area (Å²) in [4.78, 5) is 19.8. The second kappa shape index (κ2) is 16.6. The molecule has 9 heteroatoms. The van der Waals surface area contributed by atoms with Gasteiger partial charge < -0.3 is 33.2 Å². The van der Waals surface area contributed by atoms with E-state index in [1.807, 2.05) is 97.1 Å². The summed E-state index contributed by atoms with van der Waals surface area (Å²) < 4.78 is 40.6. The largest absolute Gasteiger partial charge is 0.497 e. The molecule has 0 spiro atoms. The van der Waals surface area contributed by atoms with Gasteiger partial charge in [-0.25, -0.2) is 0 Å². The highest BCUT2D eigenvalue weighted by Gasteiger charge is 2.31. The molecule has 0 amide bonds.